The molecule has 1 aliphatic rings. The average Bonchev–Trinajstić information content (AvgIpc) is 1.89. The van der Waals surface area contributed by atoms with Gasteiger partial charge in [-0.15, -0.1) is 0 Å². The van der Waals surface area contributed by atoms with Crippen LogP contribution in [0.15, 0.2) is 0 Å². The van der Waals surface area contributed by atoms with Crippen LogP contribution in [0.5, 0.6) is 0 Å². The van der Waals surface area contributed by atoms with E-state index in [0.29, 0.717) is 6.61 Å². The molecule has 0 aromatic carbocycles. The van der Waals surface area contributed by atoms with E-state index >= 15 is 0 Å². The highest BCUT2D eigenvalue weighted by atomic mass is 16.7. The zero-order chi connectivity index (χ0) is 6.69. The molecule has 1 N–H and O–H groups in total. The maximum atomic E-state index is 9.12. The van der Waals surface area contributed by atoms with Crippen LogP contribution in [0.3, 0.4) is 0 Å². The molecule has 0 saturated carbocycles. The number of aliphatic hydroxyl groups excluding tert-OH is 1. The van der Waals surface area contributed by atoms with Gasteiger partial charge >= 0.3 is 0 Å². The third-order valence-corrected chi connectivity index (χ3v) is 1.47. The maximum absolute atomic E-state index is 9.12. The van der Waals surface area contributed by atoms with Gasteiger partial charge < -0.3 is 14.6 Å². The fourth-order valence-electron chi connectivity index (χ4n) is 0.964. The first-order valence-electron chi connectivity index (χ1n) is 3.17. The fourth-order valence-corrected chi connectivity index (χ4v) is 0.964. The summed E-state index contributed by atoms with van der Waals surface area (Å²) in [6, 6.07) is 0. The second-order valence-electron chi connectivity index (χ2n) is 2.18. The SMILES string of the molecule is CO[C@@H]1OCCC[C@@H]1O. The fraction of sp³-hybridized carbons (Fsp3) is 1.00. The summed E-state index contributed by atoms with van der Waals surface area (Å²) >= 11 is 0. The summed E-state index contributed by atoms with van der Waals surface area (Å²) < 4.78 is 9.90. The lowest BCUT2D eigenvalue weighted by Crippen LogP contribution is -2.35. The lowest BCUT2D eigenvalue weighted by molar-refractivity contribution is -0.201. The predicted molar refractivity (Wildman–Crippen MR) is 32.0 cm³/mol. The summed E-state index contributed by atoms with van der Waals surface area (Å²) in [5, 5.41) is 9.12. The summed E-state index contributed by atoms with van der Waals surface area (Å²) in [6.45, 7) is 0.704. The van der Waals surface area contributed by atoms with Crippen LogP contribution in [-0.4, -0.2) is 31.2 Å². The first kappa shape index (κ1) is 6.99. The van der Waals surface area contributed by atoms with E-state index in [1.807, 2.05) is 0 Å². The Morgan fingerprint density at radius 3 is 2.89 bits per heavy atom. The van der Waals surface area contributed by atoms with Crippen LogP contribution in [0.25, 0.3) is 0 Å². The van der Waals surface area contributed by atoms with Gasteiger partial charge in [0.15, 0.2) is 6.29 Å². The molecule has 3 nitrogen and oxygen atoms in total. The Balaban J connectivity index is 2.30. The van der Waals surface area contributed by atoms with Crippen molar-refractivity contribution in [3.05, 3.63) is 0 Å². The summed E-state index contributed by atoms with van der Waals surface area (Å²) in [5.41, 5.74) is 0. The van der Waals surface area contributed by atoms with Crippen molar-refractivity contribution in [1.82, 2.24) is 0 Å². The first-order chi connectivity index (χ1) is 4.34. The molecule has 2 atom stereocenters. The van der Waals surface area contributed by atoms with Crippen molar-refractivity contribution in [2.45, 2.75) is 25.2 Å². The topological polar surface area (TPSA) is 38.7 Å². The molecule has 0 bridgehead atoms. The third-order valence-electron chi connectivity index (χ3n) is 1.47. The smallest absolute Gasteiger partial charge is 0.183 e. The molecule has 0 aromatic heterocycles. The van der Waals surface area contributed by atoms with E-state index in [2.05, 4.69) is 0 Å². The van der Waals surface area contributed by atoms with E-state index in [0.717, 1.165) is 12.8 Å². The Morgan fingerprint density at radius 1 is 1.67 bits per heavy atom. The van der Waals surface area contributed by atoms with Gasteiger partial charge in [-0.3, -0.25) is 0 Å². The van der Waals surface area contributed by atoms with E-state index in [-0.39, 0.29) is 0 Å². The van der Waals surface area contributed by atoms with Gasteiger partial charge in [0.2, 0.25) is 0 Å². The molecule has 0 unspecified atom stereocenters. The molecule has 1 heterocycles. The lowest BCUT2D eigenvalue weighted by atomic mass is 10.1. The van der Waals surface area contributed by atoms with E-state index in [1.165, 1.54) is 0 Å². The molecule has 54 valence electrons. The van der Waals surface area contributed by atoms with Crippen LogP contribution < -0.4 is 0 Å². The molecule has 0 aliphatic carbocycles. The second-order valence-corrected chi connectivity index (χ2v) is 2.18. The predicted octanol–water partition coefficient (Wildman–Crippen LogP) is 0.130. The highest BCUT2D eigenvalue weighted by molar-refractivity contribution is 4.64. The standard InChI is InChI=1S/C6H12O3/c1-8-6-5(7)3-2-4-9-6/h5-7H,2-4H2,1H3/t5-,6+/m0/s1. The highest BCUT2D eigenvalue weighted by Crippen LogP contribution is 2.13. The monoisotopic (exact) mass is 132 g/mol. The van der Waals surface area contributed by atoms with Gasteiger partial charge in [-0.05, 0) is 12.8 Å². The number of aliphatic hydroxyl groups is 1. The van der Waals surface area contributed by atoms with Crippen molar-refractivity contribution in [2.24, 2.45) is 0 Å². The number of rotatable bonds is 1. The molecule has 0 spiro atoms. The first-order valence-corrected chi connectivity index (χ1v) is 3.17. The largest absolute Gasteiger partial charge is 0.388 e. The van der Waals surface area contributed by atoms with E-state index in [4.69, 9.17) is 14.6 Å². The zero-order valence-electron chi connectivity index (χ0n) is 5.54. The van der Waals surface area contributed by atoms with Gasteiger partial charge in [-0.2, -0.15) is 0 Å². The Kier molecular flexibility index (Phi) is 2.45. The van der Waals surface area contributed by atoms with Crippen molar-refractivity contribution >= 4 is 0 Å². The van der Waals surface area contributed by atoms with Crippen molar-refractivity contribution in [3.8, 4) is 0 Å². The van der Waals surface area contributed by atoms with Crippen molar-refractivity contribution < 1.29 is 14.6 Å². The number of hydrogen-bond acceptors (Lipinski definition) is 3. The molecule has 9 heavy (non-hydrogen) atoms. The number of ether oxygens (including phenoxy) is 2. The zero-order valence-corrected chi connectivity index (χ0v) is 5.54. The van der Waals surface area contributed by atoms with Crippen LogP contribution in [0.4, 0.5) is 0 Å². The van der Waals surface area contributed by atoms with Crippen LogP contribution in [0, 0.1) is 0 Å². The molecule has 0 amide bonds. The quantitative estimate of drug-likeness (QED) is 0.551. The maximum Gasteiger partial charge on any atom is 0.183 e. The number of hydrogen-bond donors (Lipinski definition) is 1. The summed E-state index contributed by atoms with van der Waals surface area (Å²) in [5.74, 6) is 0. The summed E-state index contributed by atoms with van der Waals surface area (Å²) in [6.07, 6.45) is 0.905. The van der Waals surface area contributed by atoms with E-state index < -0.39 is 12.4 Å². The molecular weight excluding hydrogens is 120 g/mol. The molecule has 0 aromatic rings. The Bertz CT molecular complexity index is 84.4. The van der Waals surface area contributed by atoms with Gasteiger partial charge in [0, 0.05) is 13.7 Å². The Labute approximate surface area is 54.6 Å². The number of methoxy groups -OCH3 is 1. The third kappa shape index (κ3) is 1.64. The van der Waals surface area contributed by atoms with Crippen LogP contribution >= 0.6 is 0 Å². The Hall–Kier alpha value is -0.120. The summed E-state index contributed by atoms with van der Waals surface area (Å²) in [7, 11) is 1.54. The molecule has 0 radical (unpaired) electrons. The molecule has 1 rings (SSSR count). The van der Waals surface area contributed by atoms with Gasteiger partial charge in [0.05, 0.1) is 0 Å². The average molecular weight is 132 g/mol. The van der Waals surface area contributed by atoms with Crippen molar-refractivity contribution in [1.29, 1.82) is 0 Å². The van der Waals surface area contributed by atoms with Crippen molar-refractivity contribution in [2.75, 3.05) is 13.7 Å². The van der Waals surface area contributed by atoms with Crippen molar-refractivity contribution in [3.63, 3.8) is 0 Å². The summed E-state index contributed by atoms with van der Waals surface area (Å²) in [4.78, 5) is 0. The van der Waals surface area contributed by atoms with Crippen LogP contribution in [0.1, 0.15) is 12.8 Å². The second kappa shape index (κ2) is 3.15. The molecule has 3 heteroatoms. The lowest BCUT2D eigenvalue weighted by Gasteiger charge is -2.26. The Morgan fingerprint density at radius 2 is 2.44 bits per heavy atom. The van der Waals surface area contributed by atoms with Crippen LogP contribution in [-0.2, 0) is 9.47 Å². The van der Waals surface area contributed by atoms with E-state index in [9.17, 15) is 0 Å². The van der Waals surface area contributed by atoms with Gasteiger partial charge in [0.1, 0.15) is 6.10 Å². The minimum absolute atomic E-state index is 0.390. The van der Waals surface area contributed by atoms with Gasteiger partial charge in [-0.1, -0.05) is 0 Å². The van der Waals surface area contributed by atoms with E-state index in [1.54, 1.807) is 7.11 Å². The minimum atomic E-state index is -0.427. The molecular formula is C6H12O3. The highest BCUT2D eigenvalue weighted by Gasteiger charge is 2.22. The minimum Gasteiger partial charge on any atom is -0.388 e. The molecule has 1 aliphatic heterocycles. The van der Waals surface area contributed by atoms with Gasteiger partial charge in [-0.25, -0.2) is 0 Å². The molecule has 1 saturated heterocycles. The molecule has 1 fully saturated rings. The van der Waals surface area contributed by atoms with Gasteiger partial charge in [0.25, 0.3) is 0 Å². The normalized spacial score (nSPS) is 36.7. The van der Waals surface area contributed by atoms with Crippen LogP contribution in [0.2, 0.25) is 0 Å².